The molecule has 0 aliphatic rings. The van der Waals surface area contributed by atoms with Crippen LogP contribution in [0.5, 0.6) is 0 Å². The van der Waals surface area contributed by atoms with Crippen LogP contribution in [0.2, 0.25) is 0 Å². The van der Waals surface area contributed by atoms with Gasteiger partial charge in [-0.15, -0.1) is 11.8 Å². The summed E-state index contributed by atoms with van der Waals surface area (Å²) in [6.45, 7) is 11.2. The Morgan fingerprint density at radius 2 is 1.00 bits per heavy atom. The molecule has 216 valence electrons. The predicted molar refractivity (Wildman–Crippen MR) is 163 cm³/mol. The number of aromatic carboxylic acids is 1. The van der Waals surface area contributed by atoms with Crippen LogP contribution in [0.3, 0.4) is 0 Å². The highest BCUT2D eigenvalue weighted by Gasteiger charge is 2.20. The molecule has 0 aliphatic heterocycles. The van der Waals surface area contributed by atoms with Crippen molar-refractivity contribution in [2.45, 2.75) is 141 Å². The van der Waals surface area contributed by atoms with E-state index in [1.54, 1.807) is 24.3 Å². The first kappa shape index (κ1) is 36.0. The molecular weight excluding hydrogens is 474 g/mol. The molecule has 4 heteroatoms. The molecule has 0 unspecified atom stereocenters. The fourth-order valence-corrected chi connectivity index (χ4v) is 5.56. The molecule has 0 bridgehead atoms. The van der Waals surface area contributed by atoms with E-state index in [1.165, 1.54) is 151 Å². The first-order chi connectivity index (χ1) is 17.9. The Balaban J connectivity index is 0.000000970. The Hall–Kier alpha value is -1.00. The second-order valence-corrected chi connectivity index (χ2v) is 11.9. The van der Waals surface area contributed by atoms with Gasteiger partial charge in [0, 0.05) is 10.5 Å². The summed E-state index contributed by atoms with van der Waals surface area (Å²) in [4.78, 5) is 11.2. The highest BCUT2D eigenvalue weighted by molar-refractivity contribution is 7.98. The number of hydrogen-bond donors (Lipinski definition) is 0. The van der Waals surface area contributed by atoms with Gasteiger partial charge >= 0.3 is 0 Å². The van der Waals surface area contributed by atoms with Gasteiger partial charge in [0.25, 0.3) is 0 Å². The lowest BCUT2D eigenvalue weighted by Crippen LogP contribution is -2.46. The van der Waals surface area contributed by atoms with Crippen molar-refractivity contribution in [2.24, 2.45) is 0 Å². The van der Waals surface area contributed by atoms with Crippen LogP contribution in [-0.2, 0) is 0 Å². The van der Waals surface area contributed by atoms with Crippen LogP contribution in [0, 0.1) is 0 Å². The predicted octanol–water partition coefficient (Wildman–Crippen LogP) is 9.29. The third-order valence-corrected chi connectivity index (χ3v) is 8.28. The van der Waals surface area contributed by atoms with Crippen LogP contribution < -0.4 is 5.11 Å². The van der Waals surface area contributed by atoms with E-state index >= 15 is 0 Å². The van der Waals surface area contributed by atoms with E-state index in [2.05, 4.69) is 27.8 Å². The lowest BCUT2D eigenvalue weighted by atomic mass is 10.1. The molecule has 0 fully saturated rings. The number of unbranched alkanes of at least 4 members (excludes halogenated alkanes) is 15. The Bertz CT molecular complexity index is 608. The van der Waals surface area contributed by atoms with E-state index in [1.807, 2.05) is 6.26 Å². The number of nitrogens with zero attached hydrogens (tertiary/aromatic N) is 1. The molecule has 0 atom stereocenters. The van der Waals surface area contributed by atoms with Crippen LogP contribution in [0.15, 0.2) is 29.2 Å². The summed E-state index contributed by atoms with van der Waals surface area (Å²) in [5, 5.41) is 10.5. The minimum Gasteiger partial charge on any atom is -0.545 e. The van der Waals surface area contributed by atoms with Crippen LogP contribution in [-0.4, -0.2) is 43.4 Å². The van der Waals surface area contributed by atoms with Gasteiger partial charge in [-0.25, -0.2) is 0 Å². The maximum Gasteiger partial charge on any atom is 0.0784 e. The zero-order valence-electron chi connectivity index (χ0n) is 25.3. The molecule has 0 saturated carbocycles. The molecule has 0 heterocycles. The summed E-state index contributed by atoms with van der Waals surface area (Å²) in [5.41, 5.74) is 0.264. The molecule has 0 amide bonds. The maximum absolute atomic E-state index is 10.5. The van der Waals surface area contributed by atoms with Crippen LogP contribution in [0.25, 0.3) is 0 Å². The summed E-state index contributed by atoms with van der Waals surface area (Å²) < 4.78 is 1.36. The third-order valence-electron chi connectivity index (χ3n) is 7.48. The number of thioether (sulfide) groups is 1. The average Bonchev–Trinajstić information content (AvgIpc) is 2.90. The minimum atomic E-state index is -1.12. The fourth-order valence-electron chi connectivity index (χ4n) is 4.97. The summed E-state index contributed by atoms with van der Waals surface area (Å²) in [5.74, 6) is -1.12. The molecule has 0 aromatic heterocycles. The first-order valence-corrected chi connectivity index (χ1v) is 16.8. The van der Waals surface area contributed by atoms with Crippen LogP contribution >= 0.6 is 11.8 Å². The Morgan fingerprint density at radius 3 is 1.32 bits per heavy atom. The van der Waals surface area contributed by atoms with Crippen molar-refractivity contribution in [3.05, 3.63) is 29.8 Å². The number of carbonyl (C=O) groups is 1. The first-order valence-electron chi connectivity index (χ1n) is 15.6. The van der Waals surface area contributed by atoms with E-state index < -0.39 is 5.97 Å². The smallest absolute Gasteiger partial charge is 0.0784 e. The molecule has 1 aromatic carbocycles. The van der Waals surface area contributed by atoms with E-state index in [4.69, 9.17) is 0 Å². The number of carboxylic acid groups (broad SMARTS) is 1. The lowest BCUT2D eigenvalue weighted by Gasteiger charge is -2.35. The summed E-state index contributed by atoms with van der Waals surface area (Å²) in [6.07, 6.45) is 27.7. The molecule has 0 radical (unpaired) electrons. The number of carboxylic acids is 1. The van der Waals surface area contributed by atoms with E-state index in [9.17, 15) is 9.90 Å². The number of hydrogen-bond acceptors (Lipinski definition) is 3. The van der Waals surface area contributed by atoms with Gasteiger partial charge in [-0.2, -0.15) is 0 Å². The van der Waals surface area contributed by atoms with Crippen molar-refractivity contribution in [2.75, 3.05) is 32.9 Å². The normalized spacial score (nSPS) is 11.3. The van der Waals surface area contributed by atoms with Gasteiger partial charge in [0.15, 0.2) is 0 Å². The summed E-state index contributed by atoms with van der Waals surface area (Å²) >= 11 is 1.40. The standard InChI is InChI=1S/C25H54N.C8H8O2S/c1-5-8-11-14-17-20-23-26(4,24-21-18-15-12-9-6-2)25-22-19-16-13-10-7-3;1-11-7-5-3-2-4-6(7)8(9)10/h5-25H2,1-4H3;2-5H,1H3,(H,9,10)/q+1;/p-1. The van der Waals surface area contributed by atoms with E-state index in [0.717, 1.165) is 4.90 Å². The molecule has 1 aromatic rings. The molecule has 0 aliphatic carbocycles. The minimum absolute atomic E-state index is 0.264. The second kappa shape index (κ2) is 25.3. The largest absolute Gasteiger partial charge is 0.545 e. The molecule has 0 saturated heterocycles. The molecule has 0 N–H and O–H groups in total. The van der Waals surface area contributed by atoms with Gasteiger partial charge in [-0.3, -0.25) is 0 Å². The zero-order chi connectivity index (χ0) is 27.6. The SMILES string of the molecule is CCCCCCCC[N+](C)(CCCCCCCC)CCCCCCCC.CSc1ccccc1C(=O)[O-]. The van der Waals surface area contributed by atoms with Crippen LogP contribution in [0.4, 0.5) is 0 Å². The maximum atomic E-state index is 10.5. The zero-order valence-corrected chi connectivity index (χ0v) is 26.1. The van der Waals surface area contributed by atoms with Crippen molar-refractivity contribution in [1.82, 2.24) is 0 Å². The third kappa shape index (κ3) is 20.6. The Labute approximate surface area is 235 Å². The molecule has 3 nitrogen and oxygen atoms in total. The number of benzene rings is 1. The molecule has 37 heavy (non-hydrogen) atoms. The molecule has 1 rings (SSSR count). The van der Waals surface area contributed by atoms with Crippen molar-refractivity contribution >= 4 is 17.7 Å². The average molecular weight is 536 g/mol. The van der Waals surface area contributed by atoms with Gasteiger partial charge in [-0.1, -0.05) is 116 Å². The quantitative estimate of drug-likeness (QED) is 0.0796. The van der Waals surface area contributed by atoms with Crippen molar-refractivity contribution in [3.8, 4) is 0 Å². The van der Waals surface area contributed by atoms with Crippen LogP contribution in [0.1, 0.15) is 147 Å². The topological polar surface area (TPSA) is 40.1 Å². The Kier molecular flexibility index (Phi) is 24.6. The highest BCUT2D eigenvalue weighted by atomic mass is 32.2. The summed E-state index contributed by atoms with van der Waals surface area (Å²) in [7, 11) is 2.56. The monoisotopic (exact) mass is 535 g/mol. The van der Waals surface area contributed by atoms with Crippen molar-refractivity contribution in [3.63, 3.8) is 0 Å². The fraction of sp³-hybridized carbons (Fsp3) is 0.788. The number of carbonyl (C=O) groups excluding carboxylic acids is 1. The number of quaternary nitrogens is 1. The number of rotatable bonds is 23. The molecule has 0 spiro atoms. The van der Waals surface area contributed by atoms with Crippen molar-refractivity contribution < 1.29 is 14.4 Å². The molecular formula is C33H61NO2S. The van der Waals surface area contributed by atoms with Gasteiger partial charge < -0.3 is 14.4 Å². The Morgan fingerprint density at radius 1 is 0.649 bits per heavy atom. The highest BCUT2D eigenvalue weighted by Crippen LogP contribution is 2.19. The van der Waals surface area contributed by atoms with E-state index in [-0.39, 0.29) is 5.56 Å². The van der Waals surface area contributed by atoms with E-state index in [0.29, 0.717) is 0 Å². The lowest BCUT2D eigenvalue weighted by molar-refractivity contribution is -0.910. The van der Waals surface area contributed by atoms with Gasteiger partial charge in [0.1, 0.15) is 0 Å². The van der Waals surface area contributed by atoms with Crippen molar-refractivity contribution in [1.29, 1.82) is 0 Å². The van der Waals surface area contributed by atoms with Gasteiger partial charge in [0.2, 0.25) is 0 Å². The van der Waals surface area contributed by atoms with Gasteiger partial charge in [-0.05, 0) is 50.8 Å². The summed E-state index contributed by atoms with van der Waals surface area (Å²) in [6, 6.07) is 6.79. The van der Waals surface area contributed by atoms with Gasteiger partial charge in [0.05, 0.1) is 32.7 Å². The second-order valence-electron chi connectivity index (χ2n) is 11.1.